The van der Waals surface area contributed by atoms with E-state index in [1.54, 1.807) is 6.07 Å². The van der Waals surface area contributed by atoms with Gasteiger partial charge in [0.2, 0.25) is 0 Å². The first-order valence-corrected chi connectivity index (χ1v) is 7.26. The first-order chi connectivity index (χ1) is 10.7. The minimum atomic E-state index is -0.722. The maximum absolute atomic E-state index is 11.9. The number of ether oxygens (including phenoxy) is 1. The zero-order valence-corrected chi connectivity index (χ0v) is 12.1. The standard InChI is InChI=1S/C17H18N2O3/c20-15(12-4-2-1-3-5-12)11-18-17(21)19-14-6-7-16-13(10-14)8-9-22-16/h1-7,10,15,20H,8-9,11H2,(H2,18,19,21). The Labute approximate surface area is 128 Å². The van der Waals surface area contributed by atoms with Gasteiger partial charge in [-0.1, -0.05) is 30.3 Å². The largest absolute Gasteiger partial charge is 0.493 e. The number of amides is 2. The maximum atomic E-state index is 11.9. The Kier molecular flexibility index (Phi) is 4.25. The molecule has 0 aromatic heterocycles. The molecule has 0 aliphatic carbocycles. The van der Waals surface area contributed by atoms with Crippen LogP contribution in [0.3, 0.4) is 0 Å². The van der Waals surface area contributed by atoms with E-state index < -0.39 is 6.10 Å². The normalized spacial score (nSPS) is 13.9. The molecule has 1 heterocycles. The predicted octanol–water partition coefficient (Wildman–Crippen LogP) is 2.48. The molecular formula is C17H18N2O3. The second-order valence-corrected chi connectivity index (χ2v) is 5.18. The van der Waals surface area contributed by atoms with Gasteiger partial charge in [-0.05, 0) is 29.3 Å². The molecule has 0 spiro atoms. The number of hydrogen-bond acceptors (Lipinski definition) is 3. The summed E-state index contributed by atoms with van der Waals surface area (Å²) in [5, 5.41) is 15.4. The third kappa shape index (κ3) is 3.38. The lowest BCUT2D eigenvalue weighted by molar-refractivity contribution is 0.175. The molecule has 5 heteroatoms. The van der Waals surface area contributed by atoms with Crippen molar-refractivity contribution in [3.63, 3.8) is 0 Å². The summed E-state index contributed by atoms with van der Waals surface area (Å²) in [7, 11) is 0. The number of fused-ring (bicyclic) bond motifs is 1. The molecule has 5 nitrogen and oxygen atoms in total. The van der Waals surface area contributed by atoms with Crippen LogP contribution in [-0.4, -0.2) is 24.3 Å². The molecule has 2 aromatic carbocycles. The highest BCUT2D eigenvalue weighted by Crippen LogP contribution is 2.27. The van der Waals surface area contributed by atoms with Crippen molar-refractivity contribution < 1.29 is 14.6 Å². The van der Waals surface area contributed by atoms with Crippen molar-refractivity contribution in [1.82, 2.24) is 5.32 Å². The molecule has 2 amide bonds. The van der Waals surface area contributed by atoms with Crippen LogP contribution in [0.25, 0.3) is 0 Å². The number of urea groups is 1. The van der Waals surface area contributed by atoms with E-state index >= 15 is 0 Å². The monoisotopic (exact) mass is 298 g/mol. The number of carbonyl (C=O) groups excluding carboxylic acids is 1. The number of benzene rings is 2. The molecule has 1 aliphatic rings. The molecule has 22 heavy (non-hydrogen) atoms. The molecule has 0 saturated carbocycles. The molecule has 3 rings (SSSR count). The highest BCUT2D eigenvalue weighted by atomic mass is 16.5. The van der Waals surface area contributed by atoms with Crippen molar-refractivity contribution in [2.24, 2.45) is 0 Å². The molecular weight excluding hydrogens is 280 g/mol. The molecule has 3 N–H and O–H groups in total. The SMILES string of the molecule is O=C(NCC(O)c1ccccc1)Nc1ccc2c(c1)CCO2. The Bertz CT molecular complexity index is 658. The molecule has 0 bridgehead atoms. The van der Waals surface area contributed by atoms with Gasteiger partial charge in [-0.2, -0.15) is 0 Å². The van der Waals surface area contributed by atoms with Crippen LogP contribution in [-0.2, 0) is 6.42 Å². The van der Waals surface area contributed by atoms with Crippen LogP contribution in [0.5, 0.6) is 5.75 Å². The van der Waals surface area contributed by atoms with Crippen LogP contribution in [0.1, 0.15) is 17.2 Å². The molecule has 0 radical (unpaired) electrons. The molecule has 114 valence electrons. The number of rotatable bonds is 4. The van der Waals surface area contributed by atoms with Crippen LogP contribution < -0.4 is 15.4 Å². The van der Waals surface area contributed by atoms with Crippen LogP contribution in [0, 0.1) is 0 Å². The van der Waals surface area contributed by atoms with E-state index in [2.05, 4.69) is 10.6 Å². The lowest BCUT2D eigenvalue weighted by Gasteiger charge is -2.13. The van der Waals surface area contributed by atoms with Gasteiger partial charge in [0.05, 0.1) is 12.7 Å². The summed E-state index contributed by atoms with van der Waals surface area (Å²) in [5.74, 6) is 0.880. The fourth-order valence-electron chi connectivity index (χ4n) is 2.42. The summed E-state index contributed by atoms with van der Waals surface area (Å²) in [4.78, 5) is 11.9. The minimum Gasteiger partial charge on any atom is -0.493 e. The quantitative estimate of drug-likeness (QED) is 0.812. The Morgan fingerprint density at radius 3 is 2.86 bits per heavy atom. The van der Waals surface area contributed by atoms with Crippen molar-refractivity contribution in [2.75, 3.05) is 18.5 Å². The van der Waals surface area contributed by atoms with Crippen LogP contribution in [0.15, 0.2) is 48.5 Å². The van der Waals surface area contributed by atoms with E-state index in [1.807, 2.05) is 42.5 Å². The van der Waals surface area contributed by atoms with E-state index in [0.29, 0.717) is 6.61 Å². The van der Waals surface area contributed by atoms with Crippen molar-refractivity contribution in [1.29, 1.82) is 0 Å². The van der Waals surface area contributed by atoms with Gasteiger partial charge in [-0.25, -0.2) is 4.79 Å². The highest BCUT2D eigenvalue weighted by Gasteiger charge is 2.13. The average molecular weight is 298 g/mol. The summed E-state index contributed by atoms with van der Waals surface area (Å²) < 4.78 is 5.42. The van der Waals surface area contributed by atoms with Gasteiger partial charge in [-0.3, -0.25) is 0 Å². The number of anilines is 1. The van der Waals surface area contributed by atoms with Gasteiger partial charge in [0, 0.05) is 18.7 Å². The highest BCUT2D eigenvalue weighted by molar-refractivity contribution is 5.89. The lowest BCUT2D eigenvalue weighted by atomic mass is 10.1. The smallest absolute Gasteiger partial charge is 0.319 e. The number of aliphatic hydroxyl groups excluding tert-OH is 1. The average Bonchev–Trinajstić information content (AvgIpc) is 3.01. The summed E-state index contributed by atoms with van der Waals surface area (Å²) >= 11 is 0. The van der Waals surface area contributed by atoms with Crippen LogP contribution in [0.2, 0.25) is 0 Å². The van der Waals surface area contributed by atoms with Gasteiger partial charge < -0.3 is 20.5 Å². The summed E-state index contributed by atoms with van der Waals surface area (Å²) in [6.07, 6.45) is 0.138. The number of nitrogens with one attached hydrogen (secondary N) is 2. The van der Waals surface area contributed by atoms with E-state index in [4.69, 9.17) is 4.74 Å². The zero-order valence-electron chi connectivity index (χ0n) is 12.1. The number of aliphatic hydroxyl groups is 1. The number of carbonyl (C=O) groups is 1. The first kappa shape index (κ1) is 14.4. The Morgan fingerprint density at radius 1 is 1.23 bits per heavy atom. The van der Waals surface area contributed by atoms with E-state index in [0.717, 1.165) is 29.0 Å². The zero-order chi connectivity index (χ0) is 15.4. The minimum absolute atomic E-state index is 0.157. The van der Waals surface area contributed by atoms with Crippen LogP contribution >= 0.6 is 0 Å². The van der Waals surface area contributed by atoms with Gasteiger partial charge in [-0.15, -0.1) is 0 Å². The summed E-state index contributed by atoms with van der Waals surface area (Å²) in [5.41, 5.74) is 2.59. The molecule has 2 aromatic rings. The van der Waals surface area contributed by atoms with E-state index in [9.17, 15) is 9.90 Å². The Balaban J connectivity index is 1.52. The van der Waals surface area contributed by atoms with Crippen LogP contribution in [0.4, 0.5) is 10.5 Å². The maximum Gasteiger partial charge on any atom is 0.319 e. The fourth-order valence-corrected chi connectivity index (χ4v) is 2.42. The third-order valence-electron chi connectivity index (χ3n) is 3.59. The van der Waals surface area contributed by atoms with Gasteiger partial charge in [0.15, 0.2) is 0 Å². The second-order valence-electron chi connectivity index (χ2n) is 5.18. The van der Waals surface area contributed by atoms with E-state index in [-0.39, 0.29) is 12.6 Å². The Morgan fingerprint density at radius 2 is 2.05 bits per heavy atom. The fraction of sp³-hybridized carbons (Fsp3) is 0.235. The second kappa shape index (κ2) is 6.49. The van der Waals surface area contributed by atoms with Gasteiger partial charge in [0.1, 0.15) is 5.75 Å². The molecule has 1 unspecified atom stereocenters. The molecule has 1 aliphatic heterocycles. The predicted molar refractivity (Wildman–Crippen MR) is 84.1 cm³/mol. The molecule has 0 saturated heterocycles. The third-order valence-corrected chi connectivity index (χ3v) is 3.59. The summed E-state index contributed by atoms with van der Waals surface area (Å²) in [6.45, 7) is 0.845. The van der Waals surface area contributed by atoms with Gasteiger partial charge >= 0.3 is 6.03 Å². The molecule has 0 fully saturated rings. The first-order valence-electron chi connectivity index (χ1n) is 7.26. The van der Waals surface area contributed by atoms with Crippen molar-refractivity contribution in [3.05, 3.63) is 59.7 Å². The van der Waals surface area contributed by atoms with Crippen molar-refractivity contribution in [3.8, 4) is 5.75 Å². The summed E-state index contributed by atoms with van der Waals surface area (Å²) in [6, 6.07) is 14.5. The van der Waals surface area contributed by atoms with E-state index in [1.165, 1.54) is 0 Å². The van der Waals surface area contributed by atoms with Crippen molar-refractivity contribution in [2.45, 2.75) is 12.5 Å². The Hall–Kier alpha value is -2.53. The lowest BCUT2D eigenvalue weighted by Crippen LogP contribution is -2.32. The molecule has 1 atom stereocenters. The number of hydrogen-bond donors (Lipinski definition) is 3. The topological polar surface area (TPSA) is 70.6 Å². The van der Waals surface area contributed by atoms with Crippen molar-refractivity contribution >= 4 is 11.7 Å². The van der Waals surface area contributed by atoms with Gasteiger partial charge in [0.25, 0.3) is 0 Å².